The first-order chi connectivity index (χ1) is 13.0. The highest BCUT2D eigenvalue weighted by Gasteiger charge is 2.22. The summed E-state index contributed by atoms with van der Waals surface area (Å²) in [4.78, 5) is 17.1. The molecule has 1 N–H and O–H groups in total. The monoisotopic (exact) mass is 360 g/mol. The van der Waals surface area contributed by atoms with Gasteiger partial charge in [0.25, 0.3) is 5.91 Å². The lowest BCUT2D eigenvalue weighted by atomic mass is 10.0. The molecule has 2 heterocycles. The second kappa shape index (κ2) is 6.72. The minimum absolute atomic E-state index is 0.0869. The van der Waals surface area contributed by atoms with Crippen molar-refractivity contribution in [2.45, 2.75) is 26.7 Å². The molecule has 0 atom stereocenters. The molecule has 0 unspecified atom stereocenters. The Morgan fingerprint density at radius 1 is 1.11 bits per heavy atom. The predicted molar refractivity (Wildman–Crippen MR) is 104 cm³/mol. The SMILES string of the molecule is Cc1noc(C(C)C)c1C(=O)Nc1ccc(-n2cnc3ccccc32)cc1. The second-order valence-electron chi connectivity index (χ2n) is 6.77. The first kappa shape index (κ1) is 17.0. The van der Waals surface area contributed by atoms with Crippen molar-refractivity contribution in [3.8, 4) is 5.69 Å². The molecule has 136 valence electrons. The van der Waals surface area contributed by atoms with Crippen molar-refractivity contribution in [2.75, 3.05) is 5.32 Å². The summed E-state index contributed by atoms with van der Waals surface area (Å²) in [7, 11) is 0. The predicted octanol–water partition coefficient (Wildman–Crippen LogP) is 4.70. The van der Waals surface area contributed by atoms with Gasteiger partial charge in [0.05, 0.1) is 16.7 Å². The number of nitrogens with one attached hydrogen (secondary N) is 1. The summed E-state index contributed by atoms with van der Waals surface area (Å²) in [5.74, 6) is 0.480. The minimum Gasteiger partial charge on any atom is -0.360 e. The normalized spacial score (nSPS) is 11.3. The number of hydrogen-bond acceptors (Lipinski definition) is 4. The first-order valence-electron chi connectivity index (χ1n) is 8.84. The van der Waals surface area contributed by atoms with E-state index in [2.05, 4.69) is 15.5 Å². The zero-order valence-corrected chi connectivity index (χ0v) is 15.4. The highest BCUT2D eigenvalue weighted by atomic mass is 16.5. The highest BCUT2D eigenvalue weighted by Crippen LogP contribution is 2.24. The molecule has 0 radical (unpaired) electrons. The Morgan fingerprint density at radius 3 is 2.59 bits per heavy atom. The molecule has 0 spiro atoms. The number of hydrogen-bond donors (Lipinski definition) is 1. The van der Waals surface area contributed by atoms with Gasteiger partial charge in [0.2, 0.25) is 0 Å². The number of nitrogens with zero attached hydrogens (tertiary/aromatic N) is 3. The average Bonchev–Trinajstić information content (AvgIpc) is 3.26. The summed E-state index contributed by atoms with van der Waals surface area (Å²) in [6.07, 6.45) is 1.80. The van der Waals surface area contributed by atoms with Crippen molar-refractivity contribution in [3.63, 3.8) is 0 Å². The van der Waals surface area contributed by atoms with Gasteiger partial charge in [0.1, 0.15) is 11.9 Å². The second-order valence-corrected chi connectivity index (χ2v) is 6.77. The van der Waals surface area contributed by atoms with E-state index in [-0.39, 0.29) is 11.8 Å². The van der Waals surface area contributed by atoms with Crippen LogP contribution in [0.15, 0.2) is 59.4 Å². The van der Waals surface area contributed by atoms with E-state index in [1.807, 2.05) is 66.9 Å². The van der Waals surface area contributed by atoms with Gasteiger partial charge in [-0.1, -0.05) is 31.1 Å². The van der Waals surface area contributed by atoms with Crippen molar-refractivity contribution >= 4 is 22.6 Å². The van der Waals surface area contributed by atoms with Crippen LogP contribution in [0.3, 0.4) is 0 Å². The Bertz CT molecular complexity index is 1110. The molecule has 1 amide bonds. The number of fused-ring (bicyclic) bond motifs is 1. The molecule has 2 aromatic carbocycles. The maximum Gasteiger partial charge on any atom is 0.261 e. The fourth-order valence-electron chi connectivity index (χ4n) is 3.12. The number of benzene rings is 2. The van der Waals surface area contributed by atoms with Crippen LogP contribution in [0.4, 0.5) is 5.69 Å². The van der Waals surface area contributed by atoms with Crippen LogP contribution in [0.1, 0.15) is 41.6 Å². The molecule has 0 bridgehead atoms. The number of amides is 1. The molecule has 0 saturated carbocycles. The molecule has 27 heavy (non-hydrogen) atoms. The number of anilines is 1. The van der Waals surface area contributed by atoms with E-state index in [0.717, 1.165) is 16.7 Å². The van der Waals surface area contributed by atoms with Gasteiger partial charge in [-0.05, 0) is 43.3 Å². The van der Waals surface area contributed by atoms with E-state index in [0.29, 0.717) is 22.7 Å². The van der Waals surface area contributed by atoms with Gasteiger partial charge in [-0.3, -0.25) is 9.36 Å². The van der Waals surface area contributed by atoms with Gasteiger partial charge in [-0.15, -0.1) is 0 Å². The molecule has 0 aliphatic heterocycles. The van der Waals surface area contributed by atoms with Gasteiger partial charge >= 0.3 is 0 Å². The number of rotatable bonds is 4. The molecule has 2 aromatic heterocycles. The number of carbonyl (C=O) groups excluding carboxylic acids is 1. The van der Waals surface area contributed by atoms with Gasteiger partial charge < -0.3 is 9.84 Å². The van der Waals surface area contributed by atoms with Crippen molar-refractivity contribution in [2.24, 2.45) is 0 Å². The molecule has 6 nitrogen and oxygen atoms in total. The van der Waals surface area contributed by atoms with Crippen molar-refractivity contribution in [3.05, 3.63) is 71.9 Å². The average molecular weight is 360 g/mol. The van der Waals surface area contributed by atoms with Crippen LogP contribution in [0.5, 0.6) is 0 Å². The zero-order chi connectivity index (χ0) is 19.0. The minimum atomic E-state index is -0.210. The Morgan fingerprint density at radius 2 is 1.85 bits per heavy atom. The third kappa shape index (κ3) is 3.10. The molecule has 0 aliphatic carbocycles. The van der Waals surface area contributed by atoms with E-state index in [9.17, 15) is 4.79 Å². The lowest BCUT2D eigenvalue weighted by molar-refractivity contribution is 0.102. The Kier molecular flexibility index (Phi) is 4.24. The summed E-state index contributed by atoms with van der Waals surface area (Å²) < 4.78 is 7.32. The summed E-state index contributed by atoms with van der Waals surface area (Å²) >= 11 is 0. The Hall–Kier alpha value is -3.41. The lowest BCUT2D eigenvalue weighted by Gasteiger charge is -2.09. The van der Waals surface area contributed by atoms with Crippen LogP contribution < -0.4 is 5.32 Å². The number of imidazole rings is 1. The summed E-state index contributed by atoms with van der Waals surface area (Å²) in [5, 5.41) is 6.86. The molecular formula is C21H20N4O2. The molecular weight excluding hydrogens is 340 g/mol. The Balaban J connectivity index is 1.58. The van der Waals surface area contributed by atoms with Crippen molar-refractivity contribution in [1.82, 2.24) is 14.7 Å². The smallest absolute Gasteiger partial charge is 0.261 e. The van der Waals surface area contributed by atoms with Gasteiger partial charge in [-0.25, -0.2) is 4.98 Å². The van der Waals surface area contributed by atoms with E-state index in [1.54, 1.807) is 13.3 Å². The molecule has 0 fully saturated rings. The first-order valence-corrected chi connectivity index (χ1v) is 8.84. The fraction of sp³-hybridized carbons (Fsp3) is 0.190. The molecule has 0 aliphatic rings. The number of aromatic nitrogens is 3. The van der Waals surface area contributed by atoms with Crippen LogP contribution >= 0.6 is 0 Å². The van der Waals surface area contributed by atoms with Crippen LogP contribution in [-0.2, 0) is 0 Å². The molecule has 0 saturated heterocycles. The topological polar surface area (TPSA) is 73.0 Å². The van der Waals surface area contributed by atoms with Crippen LogP contribution in [0.25, 0.3) is 16.7 Å². The molecule has 4 aromatic rings. The van der Waals surface area contributed by atoms with Gasteiger partial charge in [0, 0.05) is 17.3 Å². The third-order valence-electron chi connectivity index (χ3n) is 4.50. The van der Waals surface area contributed by atoms with E-state index < -0.39 is 0 Å². The number of carbonyl (C=O) groups is 1. The maximum absolute atomic E-state index is 12.7. The molecule has 4 rings (SSSR count). The van der Waals surface area contributed by atoms with Gasteiger partial charge in [-0.2, -0.15) is 0 Å². The third-order valence-corrected chi connectivity index (χ3v) is 4.50. The largest absolute Gasteiger partial charge is 0.360 e. The van der Waals surface area contributed by atoms with E-state index in [4.69, 9.17) is 4.52 Å². The standard InChI is InChI=1S/C21H20N4O2/c1-13(2)20-19(14(3)24-27-20)21(26)23-15-8-10-16(11-9-15)25-12-22-17-6-4-5-7-18(17)25/h4-13H,1-3H3,(H,23,26). The van der Waals surface area contributed by atoms with Crippen LogP contribution in [-0.4, -0.2) is 20.6 Å². The zero-order valence-electron chi connectivity index (χ0n) is 15.4. The number of para-hydroxylation sites is 2. The summed E-state index contributed by atoms with van der Waals surface area (Å²) in [6, 6.07) is 15.6. The fourth-order valence-corrected chi connectivity index (χ4v) is 3.12. The lowest BCUT2D eigenvalue weighted by Crippen LogP contribution is -2.14. The van der Waals surface area contributed by atoms with E-state index >= 15 is 0 Å². The number of aryl methyl sites for hydroxylation is 1. The summed E-state index contributed by atoms with van der Waals surface area (Å²) in [5.41, 5.74) is 4.77. The van der Waals surface area contributed by atoms with Crippen molar-refractivity contribution < 1.29 is 9.32 Å². The Labute approximate surface area is 156 Å². The van der Waals surface area contributed by atoms with E-state index in [1.165, 1.54) is 0 Å². The van der Waals surface area contributed by atoms with Crippen LogP contribution in [0.2, 0.25) is 0 Å². The highest BCUT2D eigenvalue weighted by molar-refractivity contribution is 6.05. The quantitative estimate of drug-likeness (QED) is 0.573. The molecule has 6 heteroatoms. The van der Waals surface area contributed by atoms with Crippen molar-refractivity contribution in [1.29, 1.82) is 0 Å². The summed E-state index contributed by atoms with van der Waals surface area (Å²) in [6.45, 7) is 5.72. The van der Waals surface area contributed by atoms with Crippen LogP contribution in [0, 0.1) is 6.92 Å². The van der Waals surface area contributed by atoms with Gasteiger partial charge in [0.15, 0.2) is 5.76 Å². The maximum atomic E-state index is 12.7.